The van der Waals surface area contributed by atoms with E-state index >= 15 is 0 Å². The monoisotopic (exact) mass is 334 g/mol. The van der Waals surface area contributed by atoms with Gasteiger partial charge in [-0.2, -0.15) is 0 Å². The zero-order chi connectivity index (χ0) is 17.4. The van der Waals surface area contributed by atoms with E-state index in [-0.39, 0.29) is 5.91 Å². The Morgan fingerprint density at radius 1 is 1.29 bits per heavy atom. The third-order valence-electron chi connectivity index (χ3n) is 4.52. The minimum atomic E-state index is -0.683. The van der Waals surface area contributed by atoms with Gasteiger partial charge in [0.05, 0.1) is 18.5 Å². The van der Waals surface area contributed by atoms with Crippen LogP contribution >= 0.6 is 0 Å². The second kappa shape index (κ2) is 9.02. The summed E-state index contributed by atoms with van der Waals surface area (Å²) < 4.78 is 11.5. The van der Waals surface area contributed by atoms with Crippen LogP contribution in [0, 0.1) is 6.92 Å². The number of pyridine rings is 1. The lowest BCUT2D eigenvalue weighted by Crippen LogP contribution is -2.47. The highest BCUT2D eigenvalue weighted by atomic mass is 16.5. The summed E-state index contributed by atoms with van der Waals surface area (Å²) in [6, 6.07) is 1.91. The lowest BCUT2D eigenvalue weighted by Gasteiger charge is -2.35. The SMILES string of the molecule is CCCCOc1ncc(NC(=O)C2(OCC)CCCCC2)cc1C. The topological polar surface area (TPSA) is 60.5 Å². The molecule has 1 aliphatic carbocycles. The Kier molecular flexibility index (Phi) is 7.03. The maximum atomic E-state index is 12.8. The maximum absolute atomic E-state index is 12.8. The van der Waals surface area contributed by atoms with Crippen LogP contribution in [0.3, 0.4) is 0 Å². The van der Waals surface area contributed by atoms with Gasteiger partial charge in [0.15, 0.2) is 0 Å². The Hall–Kier alpha value is -1.62. The van der Waals surface area contributed by atoms with Gasteiger partial charge in [-0.25, -0.2) is 4.98 Å². The van der Waals surface area contributed by atoms with E-state index in [0.29, 0.717) is 24.8 Å². The molecule has 1 saturated carbocycles. The van der Waals surface area contributed by atoms with Gasteiger partial charge in [-0.15, -0.1) is 0 Å². The molecular formula is C19H30N2O3. The molecule has 24 heavy (non-hydrogen) atoms. The average molecular weight is 334 g/mol. The molecule has 0 saturated heterocycles. The number of carbonyl (C=O) groups excluding carboxylic acids is 1. The van der Waals surface area contributed by atoms with Gasteiger partial charge in [0.2, 0.25) is 5.88 Å². The van der Waals surface area contributed by atoms with E-state index in [4.69, 9.17) is 9.47 Å². The lowest BCUT2D eigenvalue weighted by atomic mass is 9.83. The van der Waals surface area contributed by atoms with Crippen molar-refractivity contribution in [1.82, 2.24) is 4.98 Å². The largest absolute Gasteiger partial charge is 0.477 e. The summed E-state index contributed by atoms with van der Waals surface area (Å²) in [5, 5.41) is 2.99. The number of anilines is 1. The highest BCUT2D eigenvalue weighted by molar-refractivity contribution is 5.97. The standard InChI is InChI=1S/C19H30N2O3/c1-4-6-12-23-17-15(3)13-16(14-20-17)21-18(22)19(24-5-2)10-8-7-9-11-19/h13-14H,4-12H2,1-3H3,(H,21,22). The summed E-state index contributed by atoms with van der Waals surface area (Å²) in [4.78, 5) is 17.1. The number of amides is 1. The van der Waals surface area contributed by atoms with Crippen molar-refractivity contribution < 1.29 is 14.3 Å². The molecule has 0 atom stereocenters. The number of aryl methyl sites for hydroxylation is 1. The molecule has 0 aliphatic heterocycles. The van der Waals surface area contributed by atoms with Gasteiger partial charge in [-0.05, 0) is 39.2 Å². The minimum absolute atomic E-state index is 0.0510. The van der Waals surface area contributed by atoms with Crippen LogP contribution in [0.1, 0.15) is 64.4 Å². The number of unbranched alkanes of at least 4 members (excludes halogenated alkanes) is 1. The highest BCUT2D eigenvalue weighted by Gasteiger charge is 2.40. The second-order valence-corrected chi connectivity index (χ2v) is 6.49. The number of rotatable bonds is 8. The molecule has 1 aliphatic rings. The summed E-state index contributed by atoms with van der Waals surface area (Å²) >= 11 is 0. The third kappa shape index (κ3) is 4.69. The maximum Gasteiger partial charge on any atom is 0.256 e. The van der Waals surface area contributed by atoms with Crippen LogP contribution in [0.25, 0.3) is 0 Å². The van der Waals surface area contributed by atoms with Crippen LogP contribution in [0.4, 0.5) is 5.69 Å². The van der Waals surface area contributed by atoms with Crippen molar-refractivity contribution in [2.75, 3.05) is 18.5 Å². The Bertz CT molecular complexity index is 534. The van der Waals surface area contributed by atoms with Gasteiger partial charge >= 0.3 is 0 Å². The van der Waals surface area contributed by atoms with Crippen LogP contribution in [0.2, 0.25) is 0 Å². The predicted molar refractivity (Wildman–Crippen MR) is 95.4 cm³/mol. The molecule has 5 nitrogen and oxygen atoms in total. The molecule has 0 unspecified atom stereocenters. The molecular weight excluding hydrogens is 304 g/mol. The Balaban J connectivity index is 2.03. The smallest absolute Gasteiger partial charge is 0.256 e. The van der Waals surface area contributed by atoms with E-state index < -0.39 is 5.60 Å². The van der Waals surface area contributed by atoms with Crippen LogP contribution in [-0.2, 0) is 9.53 Å². The number of hydrogen-bond acceptors (Lipinski definition) is 4. The molecule has 0 aromatic carbocycles. The molecule has 1 amide bonds. The van der Waals surface area contributed by atoms with E-state index in [1.807, 2.05) is 19.9 Å². The average Bonchev–Trinajstić information content (AvgIpc) is 2.58. The number of nitrogens with one attached hydrogen (secondary N) is 1. The van der Waals surface area contributed by atoms with Crippen molar-refractivity contribution in [1.29, 1.82) is 0 Å². The fourth-order valence-electron chi connectivity index (χ4n) is 3.18. The molecule has 0 radical (unpaired) electrons. The van der Waals surface area contributed by atoms with Crippen molar-refractivity contribution >= 4 is 11.6 Å². The summed E-state index contributed by atoms with van der Waals surface area (Å²) in [5.41, 5.74) is 0.944. The van der Waals surface area contributed by atoms with Crippen molar-refractivity contribution in [3.05, 3.63) is 17.8 Å². The van der Waals surface area contributed by atoms with E-state index in [1.54, 1.807) is 6.20 Å². The Morgan fingerprint density at radius 3 is 2.67 bits per heavy atom. The van der Waals surface area contributed by atoms with E-state index in [9.17, 15) is 4.79 Å². The third-order valence-corrected chi connectivity index (χ3v) is 4.52. The lowest BCUT2D eigenvalue weighted by molar-refractivity contribution is -0.145. The Morgan fingerprint density at radius 2 is 2.04 bits per heavy atom. The van der Waals surface area contributed by atoms with Crippen LogP contribution in [-0.4, -0.2) is 29.7 Å². The van der Waals surface area contributed by atoms with Crippen LogP contribution in [0.15, 0.2) is 12.3 Å². The van der Waals surface area contributed by atoms with Gasteiger partial charge in [-0.3, -0.25) is 4.79 Å². The van der Waals surface area contributed by atoms with Crippen molar-refractivity contribution in [2.45, 2.75) is 71.3 Å². The van der Waals surface area contributed by atoms with E-state index in [0.717, 1.165) is 44.1 Å². The fraction of sp³-hybridized carbons (Fsp3) is 0.684. The molecule has 5 heteroatoms. The van der Waals surface area contributed by atoms with Crippen molar-refractivity contribution in [3.8, 4) is 5.88 Å². The molecule has 134 valence electrons. The fourth-order valence-corrected chi connectivity index (χ4v) is 3.18. The van der Waals surface area contributed by atoms with Gasteiger partial charge < -0.3 is 14.8 Å². The molecule has 1 N–H and O–H groups in total. The van der Waals surface area contributed by atoms with E-state index in [2.05, 4.69) is 17.2 Å². The number of hydrogen-bond donors (Lipinski definition) is 1. The number of carbonyl (C=O) groups is 1. The zero-order valence-electron chi connectivity index (χ0n) is 15.2. The summed E-state index contributed by atoms with van der Waals surface area (Å²) in [5.74, 6) is 0.587. The van der Waals surface area contributed by atoms with Crippen LogP contribution < -0.4 is 10.1 Å². The molecule has 1 aromatic heterocycles. The number of ether oxygens (including phenoxy) is 2. The molecule has 0 spiro atoms. The summed E-state index contributed by atoms with van der Waals surface area (Å²) in [7, 11) is 0. The zero-order valence-corrected chi connectivity index (χ0v) is 15.2. The van der Waals surface area contributed by atoms with Gasteiger partial charge in [0.1, 0.15) is 5.60 Å². The van der Waals surface area contributed by atoms with Crippen LogP contribution in [0.5, 0.6) is 5.88 Å². The molecule has 1 aromatic rings. The van der Waals surface area contributed by atoms with Crippen molar-refractivity contribution in [3.63, 3.8) is 0 Å². The van der Waals surface area contributed by atoms with Gasteiger partial charge in [0, 0.05) is 12.2 Å². The number of nitrogens with zero attached hydrogens (tertiary/aromatic N) is 1. The Labute approximate surface area is 145 Å². The molecule has 1 heterocycles. The first-order chi connectivity index (χ1) is 11.6. The predicted octanol–water partition coefficient (Wildman–Crippen LogP) is 4.25. The van der Waals surface area contributed by atoms with Gasteiger partial charge in [0.25, 0.3) is 5.91 Å². The van der Waals surface area contributed by atoms with Crippen molar-refractivity contribution in [2.24, 2.45) is 0 Å². The first-order valence-electron chi connectivity index (χ1n) is 9.16. The molecule has 2 rings (SSSR count). The molecule has 1 fully saturated rings. The molecule has 0 bridgehead atoms. The highest BCUT2D eigenvalue weighted by Crippen LogP contribution is 2.33. The normalized spacial score (nSPS) is 16.6. The minimum Gasteiger partial charge on any atom is -0.477 e. The first-order valence-corrected chi connectivity index (χ1v) is 9.16. The summed E-state index contributed by atoms with van der Waals surface area (Å²) in [6.45, 7) is 7.24. The first kappa shape index (κ1) is 18.7. The number of aromatic nitrogens is 1. The quantitative estimate of drug-likeness (QED) is 0.722. The van der Waals surface area contributed by atoms with E-state index in [1.165, 1.54) is 6.42 Å². The summed E-state index contributed by atoms with van der Waals surface area (Å²) in [6.07, 6.45) is 8.59. The second-order valence-electron chi connectivity index (χ2n) is 6.49. The van der Waals surface area contributed by atoms with Gasteiger partial charge in [-0.1, -0.05) is 32.6 Å².